The van der Waals surface area contributed by atoms with Crippen molar-refractivity contribution in [1.29, 1.82) is 0 Å². The third kappa shape index (κ3) is 7.96. The number of esters is 2. The average molecular weight is 925 g/mol. The van der Waals surface area contributed by atoms with Crippen LogP contribution in [0.15, 0.2) is 76.9 Å². The quantitative estimate of drug-likeness (QED) is 0.0783. The zero-order valence-corrected chi connectivity index (χ0v) is 39.3. The van der Waals surface area contributed by atoms with Crippen LogP contribution < -0.4 is 18.9 Å². The van der Waals surface area contributed by atoms with E-state index < -0.39 is 89.3 Å². The van der Waals surface area contributed by atoms with Gasteiger partial charge in [0.15, 0.2) is 28.5 Å². The number of methoxy groups -OCH3 is 1. The van der Waals surface area contributed by atoms with E-state index in [4.69, 9.17) is 33.2 Å². The van der Waals surface area contributed by atoms with Crippen LogP contribution in [-0.2, 0) is 30.2 Å². The van der Waals surface area contributed by atoms with Crippen LogP contribution in [0.2, 0.25) is 0 Å². The maximum atomic E-state index is 15.7. The molecule has 4 heterocycles. The number of ketones is 2. The molecule has 2 aromatic rings. The number of rotatable bonds is 13. The molecule has 67 heavy (non-hydrogen) atoms. The Morgan fingerprint density at radius 2 is 1.60 bits per heavy atom. The largest absolute Gasteiger partial charge is 0.482 e. The van der Waals surface area contributed by atoms with E-state index >= 15 is 4.79 Å². The van der Waals surface area contributed by atoms with E-state index in [-0.39, 0.29) is 58.1 Å². The molecule has 3 fully saturated rings. The number of benzene rings is 2. The van der Waals surface area contributed by atoms with Crippen molar-refractivity contribution in [2.24, 2.45) is 11.8 Å². The van der Waals surface area contributed by atoms with Gasteiger partial charge in [0, 0.05) is 35.0 Å². The molecule has 7 aliphatic rings. The Morgan fingerprint density at radius 1 is 0.896 bits per heavy atom. The molecule has 4 bridgehead atoms. The number of ether oxygens (including phenoxy) is 7. The lowest BCUT2D eigenvalue weighted by molar-refractivity contribution is -0.277. The minimum absolute atomic E-state index is 0.0151. The molecular weight excluding hydrogens is 865 g/mol. The Kier molecular flexibility index (Phi) is 12.6. The molecule has 5 unspecified atom stereocenters. The first kappa shape index (κ1) is 48.1. The monoisotopic (exact) mass is 924 g/mol. The van der Waals surface area contributed by atoms with Gasteiger partial charge in [0.2, 0.25) is 6.29 Å². The molecule has 9 rings (SSSR count). The zero-order valence-electron chi connectivity index (χ0n) is 39.3. The second kappa shape index (κ2) is 17.6. The van der Waals surface area contributed by atoms with Crippen molar-refractivity contribution in [3.8, 4) is 23.0 Å². The Bertz CT molecular complexity index is 2540. The Balaban J connectivity index is 1.27. The maximum absolute atomic E-state index is 15.7. The third-order valence-electron chi connectivity index (χ3n) is 14.0. The normalized spacial score (nSPS) is 31.9. The van der Waals surface area contributed by atoms with Gasteiger partial charge in [0.1, 0.15) is 52.8 Å². The molecule has 4 N–H and O–H groups in total. The lowest BCUT2D eigenvalue weighted by Crippen LogP contribution is -2.72. The summed E-state index contributed by atoms with van der Waals surface area (Å²) in [5.74, 6) is -2.91. The van der Waals surface area contributed by atoms with Gasteiger partial charge < -0.3 is 53.6 Å². The van der Waals surface area contributed by atoms with Crippen LogP contribution in [0.1, 0.15) is 113 Å². The predicted molar refractivity (Wildman–Crippen MR) is 243 cm³/mol. The van der Waals surface area contributed by atoms with Crippen LogP contribution in [0.4, 0.5) is 0 Å². The molecule has 358 valence electrons. The van der Waals surface area contributed by atoms with Crippen molar-refractivity contribution < 1.29 is 72.8 Å². The first-order valence-corrected chi connectivity index (χ1v) is 22.7. The van der Waals surface area contributed by atoms with Gasteiger partial charge >= 0.3 is 11.9 Å². The summed E-state index contributed by atoms with van der Waals surface area (Å²) in [5.41, 5.74) is -1.68. The Labute approximate surface area is 389 Å². The standard InChI is InChI=1S/C52H60O15/c1-26(2)11-10-20-50(8)21-19-33-42(65-50)32(17-12-27(3)4)44-37(43(33)64-47(60)29-13-15-31(16-14-29)62-48-41(57)40(56)39(55)35(25-53)63-48)38(54)34-23-30-24-36-49(6,7)67-51(45(30)58,52(34,36)66-44)22-18-28(5)46(59)61-9/h11-16,18-19,21,23,30,35-36,39-41,48,53,55-57H,10,17,20,22,24-25H2,1-9H3/t30?,35-,36?,39-,40+,41-,48-,50?,51?,52?/m1/s1. The van der Waals surface area contributed by atoms with Crippen LogP contribution in [-0.4, -0.2) is 111 Å². The van der Waals surface area contributed by atoms with Gasteiger partial charge in [0.05, 0.1) is 30.4 Å². The van der Waals surface area contributed by atoms with Crippen LogP contribution in [0.5, 0.6) is 23.0 Å². The van der Waals surface area contributed by atoms with Gasteiger partial charge in [0.25, 0.3) is 0 Å². The summed E-state index contributed by atoms with van der Waals surface area (Å²) in [5, 5.41) is 40.6. The van der Waals surface area contributed by atoms with E-state index in [0.29, 0.717) is 36.1 Å². The molecule has 0 aromatic heterocycles. The number of aliphatic hydroxyl groups excluding tert-OH is 4. The highest BCUT2D eigenvalue weighted by molar-refractivity contribution is 6.19. The molecule has 3 aliphatic carbocycles. The minimum atomic E-state index is -1.73. The average Bonchev–Trinajstić information content (AvgIpc) is 3.44. The number of carbonyl (C=O) groups excluding carboxylic acids is 4. The molecule has 10 atom stereocenters. The van der Waals surface area contributed by atoms with Crippen molar-refractivity contribution in [2.75, 3.05) is 13.7 Å². The number of hydrogen-bond acceptors (Lipinski definition) is 15. The number of aliphatic hydroxyl groups is 4. The zero-order chi connectivity index (χ0) is 48.5. The number of Topliss-reactive ketones (excluding diaryl/α,β-unsaturated/α-hetero) is 2. The first-order chi connectivity index (χ1) is 31.6. The smallest absolute Gasteiger partial charge is 0.343 e. The van der Waals surface area contributed by atoms with Crippen molar-refractivity contribution in [1.82, 2.24) is 0 Å². The van der Waals surface area contributed by atoms with E-state index in [2.05, 4.69) is 6.08 Å². The van der Waals surface area contributed by atoms with E-state index in [9.17, 15) is 34.8 Å². The third-order valence-corrected chi connectivity index (χ3v) is 14.0. The molecule has 0 amide bonds. The fourth-order valence-corrected chi connectivity index (χ4v) is 10.5. The lowest BCUT2D eigenvalue weighted by Gasteiger charge is -2.56. The van der Waals surface area contributed by atoms with Gasteiger partial charge in [-0.25, -0.2) is 9.59 Å². The van der Waals surface area contributed by atoms with E-state index in [1.54, 1.807) is 19.1 Å². The SMILES string of the molecule is COC(=O)C(C)=CCC12OC(C)(C)C3CC(C=C4C(=O)c5c(OC(=O)c6ccc(O[C@@H]7O[C@H](CO)[C@@H](O)[C@H](O)[C@H]7O)cc6)c6c(c(CC=C(C)C)c5OC431)OC(C)(CCC=C(C)C)C=C6)C2=O. The van der Waals surface area contributed by atoms with Crippen LogP contribution in [0.25, 0.3) is 6.08 Å². The van der Waals surface area contributed by atoms with E-state index in [1.165, 1.54) is 31.4 Å². The lowest BCUT2D eigenvalue weighted by atomic mass is 9.51. The Morgan fingerprint density at radius 3 is 2.25 bits per heavy atom. The summed E-state index contributed by atoms with van der Waals surface area (Å²) in [6.45, 7) is 14.6. The summed E-state index contributed by atoms with van der Waals surface area (Å²) in [6, 6.07) is 5.64. The van der Waals surface area contributed by atoms with Crippen LogP contribution in [0, 0.1) is 11.8 Å². The molecule has 15 heteroatoms. The van der Waals surface area contributed by atoms with Crippen molar-refractivity contribution in [3.05, 3.63) is 99.2 Å². The van der Waals surface area contributed by atoms with Gasteiger partial charge in [-0.15, -0.1) is 0 Å². The van der Waals surface area contributed by atoms with Gasteiger partial charge in [-0.3, -0.25) is 9.59 Å². The predicted octanol–water partition coefficient (Wildman–Crippen LogP) is 6.02. The molecule has 2 aromatic carbocycles. The molecule has 1 spiro atoms. The highest BCUT2D eigenvalue weighted by Crippen LogP contribution is 2.69. The van der Waals surface area contributed by atoms with Crippen molar-refractivity contribution >= 4 is 29.6 Å². The topological polar surface area (TPSA) is 214 Å². The second-order valence-electron chi connectivity index (χ2n) is 19.7. The Hall–Kier alpha value is -5.42. The number of carbonyl (C=O) groups is 4. The maximum Gasteiger partial charge on any atom is 0.343 e. The molecular formula is C52H60O15. The van der Waals surface area contributed by atoms with Gasteiger partial charge in [-0.1, -0.05) is 35.5 Å². The molecule has 2 saturated heterocycles. The van der Waals surface area contributed by atoms with Crippen LogP contribution >= 0.6 is 0 Å². The molecule has 4 aliphatic heterocycles. The molecule has 0 radical (unpaired) electrons. The van der Waals surface area contributed by atoms with Gasteiger partial charge in [-0.05, 0) is 117 Å². The minimum Gasteiger partial charge on any atom is -0.482 e. The highest BCUT2D eigenvalue weighted by atomic mass is 16.7. The number of hydrogen-bond donors (Lipinski definition) is 4. The highest BCUT2D eigenvalue weighted by Gasteiger charge is 2.81. The summed E-state index contributed by atoms with van der Waals surface area (Å²) in [6.07, 6.45) is 5.38. The second-order valence-corrected chi connectivity index (χ2v) is 19.7. The molecule has 1 saturated carbocycles. The first-order valence-electron chi connectivity index (χ1n) is 22.7. The summed E-state index contributed by atoms with van der Waals surface area (Å²) >= 11 is 0. The van der Waals surface area contributed by atoms with Gasteiger partial charge in [-0.2, -0.15) is 0 Å². The number of fused-ring (bicyclic) bond motifs is 2. The number of allylic oxidation sites excluding steroid dienone is 5. The van der Waals surface area contributed by atoms with E-state index in [1.807, 2.05) is 66.7 Å². The van der Waals surface area contributed by atoms with Crippen molar-refractivity contribution in [2.45, 2.75) is 141 Å². The fourth-order valence-electron chi connectivity index (χ4n) is 10.5. The van der Waals surface area contributed by atoms with Crippen LogP contribution in [0.3, 0.4) is 0 Å². The van der Waals surface area contributed by atoms with E-state index in [0.717, 1.165) is 11.1 Å². The summed E-state index contributed by atoms with van der Waals surface area (Å²) in [4.78, 5) is 57.6. The fraction of sp³-hybridized carbons (Fsp3) is 0.500. The summed E-state index contributed by atoms with van der Waals surface area (Å²) < 4.78 is 43.9. The summed E-state index contributed by atoms with van der Waals surface area (Å²) in [7, 11) is 1.27. The molecule has 15 nitrogen and oxygen atoms in total. The van der Waals surface area contributed by atoms with Crippen molar-refractivity contribution in [3.63, 3.8) is 0 Å².